The summed E-state index contributed by atoms with van der Waals surface area (Å²) in [6, 6.07) is 5.43. The van der Waals surface area contributed by atoms with Gasteiger partial charge in [-0.1, -0.05) is 6.07 Å². The molecule has 2 aromatic rings. The molecule has 0 saturated carbocycles. The molecule has 7 heteroatoms. The fraction of sp³-hybridized carbons (Fsp3) is 0.385. The molecule has 4 N–H and O–H groups in total. The molecule has 0 aliphatic rings. The molecule has 0 spiro atoms. The lowest BCUT2D eigenvalue weighted by molar-refractivity contribution is 0.287. The Hall–Kier alpha value is -2.12. The van der Waals surface area contributed by atoms with Crippen LogP contribution in [0, 0.1) is 0 Å². The maximum absolute atomic E-state index is 5.61. The van der Waals surface area contributed by atoms with Crippen LogP contribution in [0.4, 0.5) is 0 Å². The quantitative estimate of drug-likeness (QED) is 0.519. The fourth-order valence-corrected chi connectivity index (χ4v) is 1.95. The lowest BCUT2D eigenvalue weighted by atomic mass is 10.0. The first kappa shape index (κ1) is 14.3. The second-order valence-electron chi connectivity index (χ2n) is 4.07. The molecule has 0 saturated heterocycles. The van der Waals surface area contributed by atoms with Crippen molar-refractivity contribution in [1.29, 1.82) is 0 Å². The summed E-state index contributed by atoms with van der Waals surface area (Å²) in [6.07, 6.45) is 1.63. The highest BCUT2D eigenvalue weighted by Crippen LogP contribution is 2.31. The summed E-state index contributed by atoms with van der Waals surface area (Å²) in [5.41, 5.74) is 4.35. The predicted octanol–water partition coefficient (Wildman–Crippen LogP) is 1.15. The summed E-state index contributed by atoms with van der Waals surface area (Å²) in [5.74, 6) is 7.02. The van der Waals surface area contributed by atoms with Gasteiger partial charge in [0.15, 0.2) is 11.5 Å². The SMILES string of the molecule is CCOc1ccc(C(NN)c2cn[nH]n2)cc1OCC. The van der Waals surface area contributed by atoms with Gasteiger partial charge >= 0.3 is 0 Å². The molecule has 1 aromatic heterocycles. The summed E-state index contributed by atoms with van der Waals surface area (Å²) in [4.78, 5) is 0. The van der Waals surface area contributed by atoms with E-state index in [0.29, 0.717) is 30.4 Å². The van der Waals surface area contributed by atoms with Crippen LogP contribution in [-0.4, -0.2) is 28.6 Å². The van der Waals surface area contributed by atoms with Crippen LogP contribution in [0.2, 0.25) is 0 Å². The van der Waals surface area contributed by atoms with Gasteiger partial charge in [0.05, 0.1) is 25.5 Å². The average Bonchev–Trinajstić information content (AvgIpc) is 2.97. The van der Waals surface area contributed by atoms with Crippen LogP contribution in [0.1, 0.15) is 31.1 Å². The number of nitrogens with two attached hydrogens (primary N) is 1. The van der Waals surface area contributed by atoms with Crippen LogP contribution in [0.5, 0.6) is 11.5 Å². The first-order valence-electron chi connectivity index (χ1n) is 6.51. The van der Waals surface area contributed by atoms with Crippen molar-refractivity contribution in [3.05, 3.63) is 35.7 Å². The number of hydrogen-bond donors (Lipinski definition) is 3. The lowest BCUT2D eigenvalue weighted by Crippen LogP contribution is -2.29. The van der Waals surface area contributed by atoms with Crippen molar-refractivity contribution in [3.63, 3.8) is 0 Å². The second-order valence-corrected chi connectivity index (χ2v) is 4.07. The number of rotatable bonds is 7. The van der Waals surface area contributed by atoms with Gasteiger partial charge in [-0.05, 0) is 31.5 Å². The smallest absolute Gasteiger partial charge is 0.161 e. The van der Waals surface area contributed by atoms with Crippen molar-refractivity contribution in [1.82, 2.24) is 20.8 Å². The van der Waals surface area contributed by atoms with E-state index in [-0.39, 0.29) is 6.04 Å². The van der Waals surface area contributed by atoms with E-state index >= 15 is 0 Å². The molecule has 1 unspecified atom stereocenters. The zero-order chi connectivity index (χ0) is 14.4. The number of hydrogen-bond acceptors (Lipinski definition) is 6. The molecule has 0 aliphatic carbocycles. The van der Waals surface area contributed by atoms with Crippen molar-refractivity contribution in [2.24, 2.45) is 5.84 Å². The highest BCUT2D eigenvalue weighted by atomic mass is 16.5. The maximum Gasteiger partial charge on any atom is 0.161 e. The number of nitrogens with one attached hydrogen (secondary N) is 2. The van der Waals surface area contributed by atoms with Crippen molar-refractivity contribution >= 4 is 0 Å². The van der Waals surface area contributed by atoms with Crippen LogP contribution in [0.25, 0.3) is 0 Å². The van der Waals surface area contributed by atoms with E-state index in [1.807, 2.05) is 32.0 Å². The van der Waals surface area contributed by atoms with E-state index in [4.69, 9.17) is 15.3 Å². The van der Waals surface area contributed by atoms with Crippen LogP contribution >= 0.6 is 0 Å². The standard InChI is InChI=1S/C13H19N5O2/c1-3-19-11-6-5-9(7-12(11)20-4-2)13(16-14)10-8-15-18-17-10/h5-8,13,16H,3-4,14H2,1-2H3,(H,15,17,18). The summed E-state index contributed by atoms with van der Waals surface area (Å²) in [6.45, 7) is 5.01. The van der Waals surface area contributed by atoms with Crippen LogP contribution < -0.4 is 20.7 Å². The molecule has 0 aliphatic heterocycles. The molecule has 1 aromatic carbocycles. The van der Waals surface area contributed by atoms with Gasteiger partial charge in [-0.2, -0.15) is 15.4 Å². The highest BCUT2D eigenvalue weighted by molar-refractivity contribution is 5.45. The van der Waals surface area contributed by atoms with Crippen molar-refractivity contribution < 1.29 is 9.47 Å². The van der Waals surface area contributed by atoms with Gasteiger partial charge in [0.1, 0.15) is 5.69 Å². The molecule has 0 radical (unpaired) electrons. The molecular formula is C13H19N5O2. The Balaban J connectivity index is 2.33. The van der Waals surface area contributed by atoms with Crippen LogP contribution in [0.15, 0.2) is 24.4 Å². The third kappa shape index (κ3) is 3.06. The van der Waals surface area contributed by atoms with E-state index in [2.05, 4.69) is 20.8 Å². The number of aromatic nitrogens is 3. The third-order valence-electron chi connectivity index (χ3n) is 2.80. The van der Waals surface area contributed by atoms with Crippen molar-refractivity contribution in [2.75, 3.05) is 13.2 Å². The Labute approximate surface area is 117 Å². The number of ether oxygens (including phenoxy) is 2. The fourth-order valence-electron chi connectivity index (χ4n) is 1.95. The minimum Gasteiger partial charge on any atom is -0.490 e. The Morgan fingerprint density at radius 2 is 2.00 bits per heavy atom. The topological polar surface area (TPSA) is 98.1 Å². The van der Waals surface area contributed by atoms with E-state index < -0.39 is 0 Å². The highest BCUT2D eigenvalue weighted by Gasteiger charge is 2.17. The zero-order valence-electron chi connectivity index (χ0n) is 11.6. The van der Waals surface area contributed by atoms with Gasteiger partial charge < -0.3 is 9.47 Å². The molecule has 108 valence electrons. The van der Waals surface area contributed by atoms with E-state index in [1.54, 1.807) is 6.20 Å². The van der Waals surface area contributed by atoms with Crippen molar-refractivity contribution in [3.8, 4) is 11.5 Å². The predicted molar refractivity (Wildman–Crippen MR) is 74.3 cm³/mol. The number of H-pyrrole nitrogens is 1. The Bertz CT molecular complexity index is 530. The summed E-state index contributed by atoms with van der Waals surface area (Å²) in [7, 11) is 0. The molecular weight excluding hydrogens is 258 g/mol. The molecule has 20 heavy (non-hydrogen) atoms. The summed E-state index contributed by atoms with van der Waals surface area (Å²) < 4.78 is 11.1. The summed E-state index contributed by atoms with van der Waals surface area (Å²) in [5, 5.41) is 10.4. The van der Waals surface area contributed by atoms with Gasteiger partial charge in [0, 0.05) is 0 Å². The maximum atomic E-state index is 5.61. The molecule has 2 rings (SSSR count). The Morgan fingerprint density at radius 1 is 1.25 bits per heavy atom. The molecule has 0 fully saturated rings. The Kier molecular flexibility index (Phi) is 4.91. The third-order valence-corrected chi connectivity index (χ3v) is 2.80. The number of nitrogens with zero attached hydrogens (tertiary/aromatic N) is 2. The average molecular weight is 277 g/mol. The first-order chi connectivity index (χ1) is 9.80. The number of hydrazine groups is 1. The molecule has 1 atom stereocenters. The van der Waals surface area contributed by atoms with E-state index in [9.17, 15) is 0 Å². The molecule has 0 amide bonds. The van der Waals surface area contributed by atoms with Gasteiger partial charge in [-0.3, -0.25) is 5.84 Å². The van der Waals surface area contributed by atoms with Gasteiger partial charge in [-0.15, -0.1) is 0 Å². The lowest BCUT2D eigenvalue weighted by Gasteiger charge is -2.17. The van der Waals surface area contributed by atoms with E-state index in [1.165, 1.54) is 0 Å². The number of benzene rings is 1. The number of aromatic amines is 1. The van der Waals surface area contributed by atoms with E-state index in [0.717, 1.165) is 5.56 Å². The molecule has 0 bridgehead atoms. The second kappa shape index (κ2) is 6.88. The molecule has 7 nitrogen and oxygen atoms in total. The minimum absolute atomic E-state index is 0.261. The first-order valence-corrected chi connectivity index (χ1v) is 6.51. The summed E-state index contributed by atoms with van der Waals surface area (Å²) >= 11 is 0. The minimum atomic E-state index is -0.261. The normalized spacial score (nSPS) is 12.2. The molecule has 1 heterocycles. The monoisotopic (exact) mass is 277 g/mol. The van der Waals surface area contributed by atoms with Crippen LogP contribution in [0.3, 0.4) is 0 Å². The van der Waals surface area contributed by atoms with Crippen LogP contribution in [-0.2, 0) is 0 Å². The largest absolute Gasteiger partial charge is 0.490 e. The Morgan fingerprint density at radius 3 is 2.60 bits per heavy atom. The van der Waals surface area contributed by atoms with Gasteiger partial charge in [0.25, 0.3) is 0 Å². The zero-order valence-corrected chi connectivity index (χ0v) is 11.6. The van der Waals surface area contributed by atoms with Gasteiger partial charge in [0.2, 0.25) is 0 Å². The van der Waals surface area contributed by atoms with Crippen molar-refractivity contribution in [2.45, 2.75) is 19.9 Å². The van der Waals surface area contributed by atoms with Gasteiger partial charge in [-0.25, -0.2) is 5.43 Å².